The van der Waals surface area contributed by atoms with E-state index in [2.05, 4.69) is 16.6 Å². The fourth-order valence-electron chi connectivity index (χ4n) is 1.03. The van der Waals surface area contributed by atoms with Crippen molar-refractivity contribution in [2.75, 3.05) is 6.61 Å². The Morgan fingerprint density at radius 3 is 2.62 bits per heavy atom. The van der Waals surface area contributed by atoms with Crippen LogP contribution >= 0.6 is 0 Å². The number of carbonyl (C=O) groups excluding carboxylic acids is 1. The highest BCUT2D eigenvalue weighted by atomic mass is 19.1. The Bertz CT molecular complexity index is 413. The predicted molar refractivity (Wildman–Crippen MR) is 59.5 cm³/mol. The number of halogens is 1. The molecule has 16 heavy (non-hydrogen) atoms. The molecule has 0 N–H and O–H groups in total. The number of esters is 1. The summed E-state index contributed by atoms with van der Waals surface area (Å²) in [4.78, 5) is 11.2. The van der Waals surface area contributed by atoms with Crippen LogP contribution in [-0.4, -0.2) is 18.2 Å². The summed E-state index contributed by atoms with van der Waals surface area (Å²) < 4.78 is 18.3. The summed E-state index contributed by atoms with van der Waals surface area (Å²) in [6.07, 6.45) is 0. The molecule has 3 heteroatoms. The van der Waals surface area contributed by atoms with Crippen LogP contribution in [0.3, 0.4) is 0 Å². The van der Waals surface area contributed by atoms with Gasteiger partial charge in [-0.15, -0.1) is 0 Å². The van der Waals surface area contributed by atoms with E-state index in [9.17, 15) is 9.18 Å². The van der Waals surface area contributed by atoms with Crippen molar-refractivity contribution in [1.29, 1.82) is 0 Å². The molecule has 0 aliphatic rings. The van der Waals surface area contributed by atoms with Gasteiger partial charge in [-0.25, -0.2) is 9.18 Å². The molecule has 0 aliphatic carbocycles. The van der Waals surface area contributed by atoms with Gasteiger partial charge in [0.1, 0.15) is 0 Å². The van der Waals surface area contributed by atoms with Crippen LogP contribution in [-0.2, 0) is 9.53 Å². The number of carbonyl (C=O) groups is 1. The number of rotatable bonds is 2. The van der Waals surface area contributed by atoms with Gasteiger partial charge in [0.2, 0.25) is 0 Å². The number of hydrogen-bond acceptors (Lipinski definition) is 2. The third-order valence-electron chi connectivity index (χ3n) is 1.87. The molecule has 2 nitrogen and oxygen atoms in total. The van der Waals surface area contributed by atoms with Gasteiger partial charge in [-0.1, -0.05) is 24.1 Å². The zero-order chi connectivity index (χ0) is 12.0. The monoisotopic (exact) mass is 220 g/mol. The Morgan fingerprint density at radius 1 is 1.44 bits per heavy atom. The van der Waals surface area contributed by atoms with Crippen LogP contribution in [0, 0.1) is 11.8 Å². The molecule has 0 radical (unpaired) electrons. The number of ether oxygens (including phenoxy) is 1. The van der Waals surface area contributed by atoms with Gasteiger partial charge in [-0.2, -0.15) is 0 Å². The molecule has 0 spiro atoms. The van der Waals surface area contributed by atoms with Gasteiger partial charge in [0.25, 0.3) is 5.67 Å². The lowest BCUT2D eigenvalue weighted by Gasteiger charge is -2.10. The van der Waals surface area contributed by atoms with Gasteiger partial charge in [-0.3, -0.25) is 0 Å². The second-order valence-electron chi connectivity index (χ2n) is 3.34. The van der Waals surface area contributed by atoms with Gasteiger partial charge in [-0.05, 0) is 31.9 Å². The second-order valence-corrected chi connectivity index (χ2v) is 3.34. The summed E-state index contributed by atoms with van der Waals surface area (Å²) in [5.74, 6) is 3.92. The third-order valence-corrected chi connectivity index (χ3v) is 1.87. The average Bonchev–Trinajstić information content (AvgIpc) is 2.28. The van der Waals surface area contributed by atoms with Crippen LogP contribution in [0.25, 0.3) is 0 Å². The van der Waals surface area contributed by atoms with Crippen LogP contribution in [0.4, 0.5) is 4.39 Å². The highest BCUT2D eigenvalue weighted by Crippen LogP contribution is 2.11. The molecule has 0 aromatic heterocycles. The third kappa shape index (κ3) is 3.39. The summed E-state index contributed by atoms with van der Waals surface area (Å²) in [6, 6.07) is 8.92. The maximum Gasteiger partial charge on any atom is 0.356 e. The van der Waals surface area contributed by atoms with E-state index in [4.69, 9.17) is 0 Å². The fourth-order valence-corrected chi connectivity index (χ4v) is 1.03. The van der Waals surface area contributed by atoms with E-state index in [1.807, 2.05) is 6.07 Å². The molecule has 1 aromatic rings. The van der Waals surface area contributed by atoms with Crippen molar-refractivity contribution in [3.8, 4) is 11.8 Å². The van der Waals surface area contributed by atoms with Crippen molar-refractivity contribution < 1.29 is 13.9 Å². The van der Waals surface area contributed by atoms with Gasteiger partial charge in [0, 0.05) is 5.56 Å². The lowest BCUT2D eigenvalue weighted by Crippen LogP contribution is -2.30. The minimum absolute atomic E-state index is 0.144. The minimum atomic E-state index is -2.26. The largest absolute Gasteiger partial charge is 0.463 e. The van der Waals surface area contributed by atoms with Crippen molar-refractivity contribution in [3.63, 3.8) is 0 Å². The van der Waals surface area contributed by atoms with Crippen molar-refractivity contribution in [3.05, 3.63) is 35.9 Å². The SMILES string of the molecule is CCOC(=O)C(C)(F)C#Cc1ccccc1. The molecule has 0 aliphatic heterocycles. The number of hydrogen-bond donors (Lipinski definition) is 0. The average molecular weight is 220 g/mol. The molecule has 0 saturated carbocycles. The van der Waals surface area contributed by atoms with E-state index in [1.165, 1.54) is 0 Å². The van der Waals surface area contributed by atoms with E-state index in [-0.39, 0.29) is 6.61 Å². The lowest BCUT2D eigenvalue weighted by molar-refractivity contribution is -0.152. The lowest BCUT2D eigenvalue weighted by atomic mass is 10.1. The van der Waals surface area contributed by atoms with Crippen LogP contribution in [0.2, 0.25) is 0 Å². The van der Waals surface area contributed by atoms with Crippen molar-refractivity contribution in [2.45, 2.75) is 19.5 Å². The Kier molecular flexibility index (Phi) is 4.07. The van der Waals surface area contributed by atoms with E-state index >= 15 is 0 Å². The first kappa shape index (κ1) is 12.3. The summed E-state index contributed by atoms with van der Waals surface area (Å²) in [6.45, 7) is 2.87. The first-order chi connectivity index (χ1) is 7.56. The highest BCUT2D eigenvalue weighted by Gasteiger charge is 2.32. The smallest absolute Gasteiger partial charge is 0.356 e. The maximum atomic E-state index is 13.7. The Balaban J connectivity index is 2.80. The topological polar surface area (TPSA) is 26.3 Å². The van der Waals surface area contributed by atoms with Crippen LogP contribution < -0.4 is 0 Å². The highest BCUT2D eigenvalue weighted by molar-refractivity contribution is 5.83. The van der Waals surface area contributed by atoms with Crippen molar-refractivity contribution >= 4 is 5.97 Å². The van der Waals surface area contributed by atoms with Crippen molar-refractivity contribution in [1.82, 2.24) is 0 Å². The molecule has 1 atom stereocenters. The molecule has 0 heterocycles. The van der Waals surface area contributed by atoms with Crippen LogP contribution in [0.15, 0.2) is 30.3 Å². The van der Waals surface area contributed by atoms with Crippen LogP contribution in [0.1, 0.15) is 19.4 Å². The molecule has 1 aromatic carbocycles. The van der Waals surface area contributed by atoms with Gasteiger partial charge in [0.15, 0.2) is 0 Å². The molecule has 1 rings (SSSR count). The Hall–Kier alpha value is -1.82. The molecule has 0 saturated heterocycles. The first-order valence-corrected chi connectivity index (χ1v) is 5.00. The molecule has 84 valence electrons. The zero-order valence-corrected chi connectivity index (χ0v) is 9.29. The number of alkyl halides is 1. The molecular formula is C13H13FO2. The molecule has 1 unspecified atom stereocenters. The second kappa shape index (κ2) is 5.32. The predicted octanol–water partition coefficient (Wildman–Crippen LogP) is 2.33. The van der Waals surface area contributed by atoms with Gasteiger partial charge < -0.3 is 4.74 Å². The summed E-state index contributed by atoms with van der Waals surface area (Å²) in [7, 11) is 0. The molecular weight excluding hydrogens is 207 g/mol. The molecule has 0 fully saturated rings. The van der Waals surface area contributed by atoms with Crippen molar-refractivity contribution in [2.24, 2.45) is 0 Å². The zero-order valence-electron chi connectivity index (χ0n) is 9.29. The Labute approximate surface area is 94.4 Å². The normalized spacial score (nSPS) is 13.2. The summed E-state index contributed by atoms with van der Waals surface area (Å²) in [5.41, 5.74) is -1.60. The van der Waals surface area contributed by atoms with Gasteiger partial charge >= 0.3 is 5.97 Å². The fraction of sp³-hybridized carbons (Fsp3) is 0.308. The van der Waals surface area contributed by atoms with Gasteiger partial charge in [0.05, 0.1) is 6.61 Å². The molecule has 0 bridgehead atoms. The van der Waals surface area contributed by atoms with E-state index in [0.29, 0.717) is 5.56 Å². The minimum Gasteiger partial charge on any atom is -0.463 e. The van der Waals surface area contributed by atoms with E-state index < -0.39 is 11.6 Å². The van der Waals surface area contributed by atoms with Crippen LogP contribution in [0.5, 0.6) is 0 Å². The standard InChI is InChI=1S/C13H13FO2/c1-3-16-12(15)13(2,14)10-9-11-7-5-4-6-8-11/h4-8H,3H2,1-2H3. The summed E-state index contributed by atoms with van der Waals surface area (Å²) >= 11 is 0. The maximum absolute atomic E-state index is 13.7. The van der Waals surface area contributed by atoms with E-state index in [0.717, 1.165) is 6.92 Å². The van der Waals surface area contributed by atoms with E-state index in [1.54, 1.807) is 31.2 Å². The summed E-state index contributed by atoms with van der Waals surface area (Å²) in [5, 5.41) is 0. The first-order valence-electron chi connectivity index (χ1n) is 5.00. The Morgan fingerprint density at radius 2 is 2.06 bits per heavy atom. The number of benzene rings is 1. The quantitative estimate of drug-likeness (QED) is 0.565. The molecule has 0 amide bonds.